The molecule has 0 radical (unpaired) electrons. The summed E-state index contributed by atoms with van der Waals surface area (Å²) in [6, 6.07) is 7.32. The summed E-state index contributed by atoms with van der Waals surface area (Å²) in [6.45, 7) is 9.75. The van der Waals surface area contributed by atoms with Crippen LogP contribution in [0.3, 0.4) is 0 Å². The highest BCUT2D eigenvalue weighted by molar-refractivity contribution is 7.62. The number of carbonyl (C=O) groups is 2. The largest absolute Gasteiger partial charge is 0.463 e. The van der Waals surface area contributed by atoms with Crippen molar-refractivity contribution in [2.75, 3.05) is 26.4 Å². The molecule has 0 atom stereocenters. The van der Waals surface area contributed by atoms with E-state index in [0.717, 1.165) is 30.6 Å². The Kier molecular flexibility index (Phi) is 13.5. The molecule has 0 saturated carbocycles. The monoisotopic (exact) mass is 452 g/mol. The summed E-state index contributed by atoms with van der Waals surface area (Å²) in [4.78, 5) is 22.0. The Bertz CT molecular complexity index is 722. The van der Waals surface area contributed by atoms with Gasteiger partial charge in [0, 0.05) is 12.2 Å². The van der Waals surface area contributed by atoms with Crippen LogP contribution < -0.4 is 5.30 Å². The van der Waals surface area contributed by atoms with Gasteiger partial charge in [0.15, 0.2) is 0 Å². The normalized spacial score (nSPS) is 11.0. The Labute approximate surface area is 184 Å². The number of benzene rings is 1. The van der Waals surface area contributed by atoms with E-state index in [0.29, 0.717) is 44.2 Å². The highest BCUT2D eigenvalue weighted by Crippen LogP contribution is 2.48. The Hall–Kier alpha value is -2.21. The quantitative estimate of drug-likeness (QED) is 0.147. The van der Waals surface area contributed by atoms with Crippen molar-refractivity contribution >= 4 is 24.8 Å². The van der Waals surface area contributed by atoms with Crippen LogP contribution >= 0.6 is 7.60 Å². The summed E-state index contributed by atoms with van der Waals surface area (Å²) in [5, 5.41) is 0.565. The van der Waals surface area contributed by atoms with Crippen LogP contribution in [0.4, 0.5) is 0 Å². The molecule has 0 unspecified atom stereocenters. The maximum absolute atomic E-state index is 13.5. The van der Waals surface area contributed by atoms with Crippen molar-refractivity contribution in [1.82, 2.24) is 0 Å². The fourth-order valence-corrected chi connectivity index (χ4v) is 4.51. The van der Waals surface area contributed by atoms with Gasteiger partial charge < -0.3 is 18.5 Å². The summed E-state index contributed by atoms with van der Waals surface area (Å²) in [5.41, 5.74) is 0.846. The predicted octanol–water partition coefficient (Wildman–Crippen LogP) is 4.65. The fraction of sp³-hybridized carbons (Fsp3) is 0.478. The van der Waals surface area contributed by atoms with Gasteiger partial charge in [-0.05, 0) is 57.1 Å². The van der Waals surface area contributed by atoms with Crippen LogP contribution in [-0.4, -0.2) is 38.4 Å². The standard InChI is InChI=1S/C23H33O7P/c1-4-22(24)27-16-10-6-12-18-29-31(26,21-15-9-8-14-20(21)3)30-19-13-7-11-17-28-23(25)5-2/h4-5,8-9,14-15H,1-2,6-7,10-13,16-19H2,3H3. The predicted molar refractivity (Wildman–Crippen MR) is 120 cm³/mol. The van der Waals surface area contributed by atoms with Gasteiger partial charge >= 0.3 is 19.5 Å². The van der Waals surface area contributed by atoms with Crippen LogP contribution in [-0.2, 0) is 32.7 Å². The Morgan fingerprint density at radius 3 is 1.71 bits per heavy atom. The number of aryl methyl sites for hydroxylation is 1. The van der Waals surface area contributed by atoms with Gasteiger partial charge in [0.05, 0.1) is 31.7 Å². The number of esters is 2. The van der Waals surface area contributed by atoms with E-state index in [-0.39, 0.29) is 13.2 Å². The summed E-state index contributed by atoms with van der Waals surface area (Å²) >= 11 is 0. The van der Waals surface area contributed by atoms with Gasteiger partial charge in [-0.15, -0.1) is 0 Å². The number of hydrogen-bond donors (Lipinski definition) is 0. The maximum Gasteiger partial charge on any atom is 0.361 e. The van der Waals surface area contributed by atoms with Crippen molar-refractivity contribution in [3.8, 4) is 0 Å². The molecule has 0 N–H and O–H groups in total. The zero-order valence-electron chi connectivity index (χ0n) is 18.3. The lowest BCUT2D eigenvalue weighted by atomic mass is 10.2. The molecular weight excluding hydrogens is 419 g/mol. The molecule has 1 aromatic rings. The van der Waals surface area contributed by atoms with E-state index in [1.807, 2.05) is 25.1 Å². The summed E-state index contributed by atoms with van der Waals surface area (Å²) < 4.78 is 34.8. The van der Waals surface area contributed by atoms with Gasteiger partial charge in [-0.1, -0.05) is 31.4 Å². The lowest BCUT2D eigenvalue weighted by Gasteiger charge is -2.20. The highest BCUT2D eigenvalue weighted by atomic mass is 31.2. The van der Waals surface area contributed by atoms with E-state index in [9.17, 15) is 14.2 Å². The van der Waals surface area contributed by atoms with E-state index in [4.69, 9.17) is 18.5 Å². The second-order valence-electron chi connectivity index (χ2n) is 6.81. The van der Waals surface area contributed by atoms with E-state index >= 15 is 0 Å². The maximum atomic E-state index is 13.5. The molecule has 1 aromatic carbocycles. The Morgan fingerprint density at radius 2 is 1.26 bits per heavy atom. The van der Waals surface area contributed by atoms with Crippen LogP contribution in [0.2, 0.25) is 0 Å². The van der Waals surface area contributed by atoms with Gasteiger partial charge in [0.2, 0.25) is 0 Å². The zero-order valence-corrected chi connectivity index (χ0v) is 19.1. The van der Waals surface area contributed by atoms with Gasteiger partial charge in [0.25, 0.3) is 0 Å². The van der Waals surface area contributed by atoms with Gasteiger partial charge in [-0.3, -0.25) is 4.57 Å². The first-order chi connectivity index (χ1) is 14.9. The Balaban J connectivity index is 2.45. The van der Waals surface area contributed by atoms with Crippen molar-refractivity contribution < 1.29 is 32.7 Å². The van der Waals surface area contributed by atoms with E-state index in [2.05, 4.69) is 13.2 Å². The molecule has 0 aliphatic heterocycles. The molecule has 8 heteroatoms. The van der Waals surface area contributed by atoms with Crippen LogP contribution in [0, 0.1) is 6.92 Å². The lowest BCUT2D eigenvalue weighted by Crippen LogP contribution is -2.14. The van der Waals surface area contributed by atoms with Gasteiger partial charge in [-0.25, -0.2) is 9.59 Å². The molecule has 0 fully saturated rings. The van der Waals surface area contributed by atoms with E-state index in [1.54, 1.807) is 6.07 Å². The molecule has 0 saturated heterocycles. The molecule has 7 nitrogen and oxygen atoms in total. The zero-order chi connectivity index (χ0) is 23.0. The first-order valence-corrected chi connectivity index (χ1v) is 12.0. The minimum Gasteiger partial charge on any atom is -0.463 e. The number of ether oxygens (including phenoxy) is 2. The summed E-state index contributed by atoms with van der Waals surface area (Å²) in [6.07, 6.45) is 6.51. The summed E-state index contributed by atoms with van der Waals surface area (Å²) in [5.74, 6) is -0.875. The lowest BCUT2D eigenvalue weighted by molar-refractivity contribution is -0.138. The number of hydrogen-bond acceptors (Lipinski definition) is 7. The molecule has 0 aromatic heterocycles. The average molecular weight is 452 g/mol. The van der Waals surface area contributed by atoms with Crippen molar-refractivity contribution in [1.29, 1.82) is 0 Å². The molecule has 0 amide bonds. The third-order valence-electron chi connectivity index (χ3n) is 4.33. The average Bonchev–Trinajstić information content (AvgIpc) is 2.77. The highest BCUT2D eigenvalue weighted by Gasteiger charge is 2.29. The SMILES string of the molecule is C=CC(=O)OCCCCCOP(=O)(OCCCCCOC(=O)C=C)c1ccccc1C. The third kappa shape index (κ3) is 11.1. The van der Waals surface area contributed by atoms with Crippen LogP contribution in [0.15, 0.2) is 49.6 Å². The van der Waals surface area contributed by atoms with E-state index in [1.165, 1.54) is 0 Å². The van der Waals surface area contributed by atoms with Crippen molar-refractivity contribution in [2.45, 2.75) is 45.4 Å². The Morgan fingerprint density at radius 1 is 0.806 bits per heavy atom. The number of unbranched alkanes of at least 4 members (excludes halogenated alkanes) is 4. The van der Waals surface area contributed by atoms with Crippen LogP contribution in [0.25, 0.3) is 0 Å². The van der Waals surface area contributed by atoms with Crippen LogP contribution in [0.1, 0.15) is 44.1 Å². The number of carbonyl (C=O) groups excluding carboxylic acids is 2. The smallest absolute Gasteiger partial charge is 0.361 e. The second kappa shape index (κ2) is 15.6. The fourth-order valence-electron chi connectivity index (χ4n) is 2.64. The summed E-state index contributed by atoms with van der Waals surface area (Å²) in [7, 11) is -3.46. The minimum atomic E-state index is -3.46. The van der Waals surface area contributed by atoms with Crippen molar-refractivity contribution in [3.05, 3.63) is 55.1 Å². The van der Waals surface area contributed by atoms with Gasteiger partial charge in [-0.2, -0.15) is 0 Å². The molecule has 0 heterocycles. The topological polar surface area (TPSA) is 88.1 Å². The first-order valence-electron chi connectivity index (χ1n) is 10.5. The molecule has 172 valence electrons. The molecule has 0 aliphatic rings. The van der Waals surface area contributed by atoms with E-state index < -0.39 is 19.5 Å². The third-order valence-corrected chi connectivity index (χ3v) is 6.47. The van der Waals surface area contributed by atoms with Crippen LogP contribution in [0.5, 0.6) is 0 Å². The molecule has 0 spiro atoms. The van der Waals surface area contributed by atoms with Gasteiger partial charge in [0.1, 0.15) is 0 Å². The second-order valence-corrected chi connectivity index (χ2v) is 8.81. The molecule has 0 bridgehead atoms. The number of rotatable bonds is 17. The molecule has 31 heavy (non-hydrogen) atoms. The molecule has 1 rings (SSSR count). The van der Waals surface area contributed by atoms with Crippen molar-refractivity contribution in [2.24, 2.45) is 0 Å². The first kappa shape index (κ1) is 26.8. The van der Waals surface area contributed by atoms with Crippen molar-refractivity contribution in [3.63, 3.8) is 0 Å². The minimum absolute atomic E-state index is 0.276. The molecule has 0 aliphatic carbocycles. The molecular formula is C23H33O7P.